The van der Waals surface area contributed by atoms with Crippen LogP contribution in [0.4, 0.5) is 0 Å². The van der Waals surface area contributed by atoms with Gasteiger partial charge in [0.2, 0.25) is 16.8 Å². The van der Waals surface area contributed by atoms with Crippen molar-refractivity contribution in [2.75, 3.05) is 0 Å². The maximum Gasteiger partial charge on any atom is 0.375 e. The largest absolute Gasteiger partial charge is 0.457 e. The fourth-order valence-electron chi connectivity index (χ4n) is 8.94. The van der Waals surface area contributed by atoms with E-state index >= 15 is 0 Å². The highest BCUT2D eigenvalue weighted by molar-refractivity contribution is 8.13. The monoisotopic (exact) mass is 590 g/mol. The summed E-state index contributed by atoms with van der Waals surface area (Å²) < 4.78 is 17.4. The number of thioether (sulfide) groups is 1. The Bertz CT molecular complexity index is 1560. The number of pyridine rings is 1. The molecule has 3 saturated carbocycles. The van der Waals surface area contributed by atoms with E-state index in [1.165, 1.54) is 12.3 Å². The molecular weight excluding hydrogens is 556 g/mol. The lowest BCUT2D eigenvalue weighted by molar-refractivity contribution is -0.176. The van der Waals surface area contributed by atoms with E-state index in [1.807, 2.05) is 13.0 Å². The highest BCUT2D eigenvalue weighted by Crippen LogP contribution is 2.69. The predicted octanol–water partition coefficient (Wildman–Crippen LogP) is 5.67. The molecule has 0 aliphatic heterocycles. The van der Waals surface area contributed by atoms with Crippen LogP contribution < -0.4 is 0 Å². The molecule has 0 aromatic carbocycles. The van der Waals surface area contributed by atoms with E-state index in [0.717, 1.165) is 36.6 Å². The molecule has 10 heteroatoms. The molecule has 1 N–H and O–H groups in total. The summed E-state index contributed by atoms with van der Waals surface area (Å²) >= 11 is 1.02. The van der Waals surface area contributed by atoms with Crippen LogP contribution in [-0.2, 0) is 20.1 Å². The van der Waals surface area contributed by atoms with Crippen molar-refractivity contribution in [3.8, 4) is 0 Å². The third-order valence-corrected chi connectivity index (χ3v) is 11.9. The topological polar surface area (TPSA) is 133 Å². The zero-order valence-electron chi connectivity index (χ0n) is 23.7. The Morgan fingerprint density at radius 2 is 2.02 bits per heavy atom. The van der Waals surface area contributed by atoms with Crippen molar-refractivity contribution >= 4 is 39.9 Å². The van der Waals surface area contributed by atoms with Gasteiger partial charge in [-0.3, -0.25) is 9.59 Å². The summed E-state index contributed by atoms with van der Waals surface area (Å²) in [5.74, 6) is 0.210. The fraction of sp³-hybridized carbons (Fsp3) is 0.531. The summed E-state index contributed by atoms with van der Waals surface area (Å²) in [5.41, 5.74) is -0.370. The minimum absolute atomic E-state index is 0.0183. The number of nitrogens with zero attached hydrogens (tertiary/aromatic N) is 2. The van der Waals surface area contributed by atoms with Gasteiger partial charge in [0.15, 0.2) is 22.6 Å². The summed E-state index contributed by atoms with van der Waals surface area (Å²) in [4.78, 5) is 48.6. The molecule has 3 heterocycles. The standard InChI is InChI=1S/C32H34N2O7S/c1-30-11-9-19(35)15-18(30)7-8-20-21-10-12-32(31(21,2)16-22(36)26(20)30,41-28(37)24-6-4-14-39-24)29(38)42-17-25-34-27-23(40-25)5-3-13-33-27/h3-6,13-15,20-22,26,36H,7-12,16-17H2,1-2H3/t20?,21?,22?,26?,30?,31?,32-/m0/s1. The average molecular weight is 591 g/mol. The second-order valence-electron chi connectivity index (χ2n) is 12.8. The molecule has 0 saturated heterocycles. The van der Waals surface area contributed by atoms with Crippen molar-refractivity contribution in [3.63, 3.8) is 0 Å². The number of allylic oxidation sites excluding steroid dienone is 1. The van der Waals surface area contributed by atoms with Crippen LogP contribution in [0.25, 0.3) is 11.2 Å². The molecule has 3 aromatic rings. The zero-order chi connectivity index (χ0) is 29.3. The molecule has 0 bridgehead atoms. The highest BCUT2D eigenvalue weighted by atomic mass is 32.2. The van der Waals surface area contributed by atoms with Crippen molar-refractivity contribution in [1.29, 1.82) is 0 Å². The van der Waals surface area contributed by atoms with Crippen LogP contribution in [0.1, 0.15) is 75.2 Å². The van der Waals surface area contributed by atoms with Crippen LogP contribution in [0.15, 0.2) is 57.2 Å². The predicted molar refractivity (Wildman–Crippen MR) is 153 cm³/mol. The smallest absolute Gasteiger partial charge is 0.375 e. The number of aliphatic hydroxyl groups is 1. The van der Waals surface area contributed by atoms with Gasteiger partial charge < -0.3 is 18.7 Å². The number of ketones is 1. The van der Waals surface area contributed by atoms with E-state index in [9.17, 15) is 19.5 Å². The van der Waals surface area contributed by atoms with Crippen LogP contribution in [0.2, 0.25) is 0 Å². The van der Waals surface area contributed by atoms with E-state index < -0.39 is 23.1 Å². The van der Waals surface area contributed by atoms with Gasteiger partial charge >= 0.3 is 5.97 Å². The van der Waals surface area contributed by atoms with Gasteiger partial charge in [0.25, 0.3) is 0 Å². The van der Waals surface area contributed by atoms with Gasteiger partial charge in [0.05, 0.1) is 18.1 Å². The molecule has 0 amide bonds. The van der Waals surface area contributed by atoms with Crippen LogP contribution in [-0.4, -0.2) is 43.6 Å². The summed E-state index contributed by atoms with van der Waals surface area (Å²) in [6.45, 7) is 4.21. The lowest BCUT2D eigenvalue weighted by Gasteiger charge is -2.60. The van der Waals surface area contributed by atoms with E-state index in [2.05, 4.69) is 16.9 Å². The minimum Gasteiger partial charge on any atom is -0.457 e. The number of carbonyl (C=O) groups excluding carboxylic acids is 3. The number of ether oxygens (including phenoxy) is 1. The second-order valence-corrected chi connectivity index (χ2v) is 13.8. The quantitative estimate of drug-likeness (QED) is 0.370. The summed E-state index contributed by atoms with van der Waals surface area (Å²) in [6.07, 6.45) is 8.36. The van der Waals surface area contributed by atoms with Crippen LogP contribution in [0.3, 0.4) is 0 Å². The molecule has 0 spiro atoms. The Morgan fingerprint density at radius 1 is 1.17 bits per heavy atom. The number of furan rings is 1. The molecular formula is C32H34N2O7S. The molecule has 0 radical (unpaired) electrons. The minimum atomic E-state index is -1.47. The van der Waals surface area contributed by atoms with Crippen LogP contribution in [0.5, 0.6) is 0 Å². The molecule has 3 fully saturated rings. The van der Waals surface area contributed by atoms with Gasteiger partial charge in [-0.25, -0.2) is 9.78 Å². The molecule has 7 rings (SSSR count). The average Bonchev–Trinajstić information content (AvgIpc) is 3.70. The normalized spacial score (nSPS) is 35.7. The van der Waals surface area contributed by atoms with Crippen molar-refractivity contribution < 1.29 is 33.1 Å². The molecule has 6 unspecified atom stereocenters. The number of oxazole rings is 1. The fourth-order valence-corrected chi connectivity index (χ4v) is 9.93. The van der Waals surface area contributed by atoms with Crippen LogP contribution in [0, 0.1) is 28.6 Å². The van der Waals surface area contributed by atoms with Gasteiger partial charge in [0.1, 0.15) is 0 Å². The Balaban J connectivity index is 1.22. The Labute approximate surface area is 247 Å². The molecule has 9 nitrogen and oxygen atoms in total. The maximum absolute atomic E-state index is 14.4. The number of hydrogen-bond acceptors (Lipinski definition) is 10. The zero-order valence-corrected chi connectivity index (χ0v) is 24.5. The number of aliphatic hydroxyl groups excluding tert-OH is 1. The maximum atomic E-state index is 14.4. The van der Waals surface area contributed by atoms with Gasteiger partial charge in [-0.1, -0.05) is 31.2 Å². The van der Waals surface area contributed by atoms with Crippen molar-refractivity contribution in [2.24, 2.45) is 28.6 Å². The molecule has 4 aliphatic carbocycles. The third kappa shape index (κ3) is 4.05. The van der Waals surface area contributed by atoms with E-state index in [4.69, 9.17) is 13.6 Å². The third-order valence-electron chi connectivity index (χ3n) is 10.9. The molecule has 220 valence electrons. The number of fused-ring (bicyclic) bond motifs is 6. The number of rotatable bonds is 5. The Kier molecular flexibility index (Phi) is 6.51. The summed E-state index contributed by atoms with van der Waals surface area (Å²) in [6, 6.07) is 6.67. The SMILES string of the molecule is CC12CCC(=O)C=C1CCC1C2C(O)CC2(C)C1CC[C@]2(OC(=O)c1ccco1)C(=O)SCc1nc2ncccc2o1. The van der Waals surface area contributed by atoms with Crippen molar-refractivity contribution in [2.45, 2.75) is 76.3 Å². The lowest BCUT2D eigenvalue weighted by atomic mass is 9.45. The number of esters is 1. The number of hydrogen-bond donors (Lipinski definition) is 1. The highest BCUT2D eigenvalue weighted by Gasteiger charge is 2.70. The molecule has 4 aliphatic rings. The number of aromatic nitrogens is 2. The van der Waals surface area contributed by atoms with Gasteiger partial charge in [-0.15, -0.1) is 0 Å². The van der Waals surface area contributed by atoms with Crippen molar-refractivity contribution in [1.82, 2.24) is 9.97 Å². The van der Waals surface area contributed by atoms with Crippen LogP contribution >= 0.6 is 11.8 Å². The summed E-state index contributed by atoms with van der Waals surface area (Å²) in [7, 11) is 0. The summed E-state index contributed by atoms with van der Waals surface area (Å²) in [5, 5.41) is 11.6. The molecule has 7 atom stereocenters. The van der Waals surface area contributed by atoms with Crippen molar-refractivity contribution in [3.05, 3.63) is 60.0 Å². The first kappa shape index (κ1) is 27.6. The first-order valence-electron chi connectivity index (χ1n) is 14.7. The first-order valence-corrected chi connectivity index (χ1v) is 15.7. The first-order chi connectivity index (χ1) is 20.1. The lowest BCUT2D eigenvalue weighted by Crippen LogP contribution is -2.62. The van der Waals surface area contributed by atoms with Gasteiger partial charge in [-0.05, 0) is 92.0 Å². The van der Waals surface area contributed by atoms with E-state index in [-0.39, 0.29) is 45.6 Å². The van der Waals surface area contributed by atoms with E-state index in [0.29, 0.717) is 42.8 Å². The molecule has 3 aromatic heterocycles. The van der Waals surface area contributed by atoms with Gasteiger partial charge in [-0.2, -0.15) is 4.98 Å². The van der Waals surface area contributed by atoms with Gasteiger partial charge in [0, 0.05) is 18.0 Å². The second kappa shape index (κ2) is 9.91. The Morgan fingerprint density at radius 3 is 2.81 bits per heavy atom. The number of carbonyl (C=O) groups is 3. The Hall–Kier alpha value is -3.24. The molecule has 42 heavy (non-hydrogen) atoms. The van der Waals surface area contributed by atoms with E-state index in [1.54, 1.807) is 24.4 Å².